The summed E-state index contributed by atoms with van der Waals surface area (Å²) in [5.41, 5.74) is 1.12. The molecule has 110 valence electrons. The molecule has 0 aromatic carbocycles. The molecule has 2 aromatic rings. The van der Waals surface area contributed by atoms with Gasteiger partial charge in [0.05, 0.1) is 19.3 Å². The number of pyridine rings is 1. The SMILES string of the molecule is CN1CCOC[C@H]1c1nccc(NCc2cccnc2)n1. The average molecular weight is 285 g/mol. The normalized spacial score (nSPS) is 19.4. The van der Waals surface area contributed by atoms with Crippen LogP contribution < -0.4 is 5.32 Å². The van der Waals surface area contributed by atoms with Crippen molar-refractivity contribution >= 4 is 5.82 Å². The van der Waals surface area contributed by atoms with Crippen molar-refractivity contribution in [2.45, 2.75) is 12.6 Å². The van der Waals surface area contributed by atoms with Crippen LogP contribution in [-0.4, -0.2) is 46.7 Å². The van der Waals surface area contributed by atoms with E-state index in [-0.39, 0.29) is 6.04 Å². The number of nitrogens with one attached hydrogen (secondary N) is 1. The van der Waals surface area contributed by atoms with Crippen LogP contribution in [0.2, 0.25) is 0 Å². The van der Waals surface area contributed by atoms with Gasteiger partial charge in [0.15, 0.2) is 0 Å². The molecule has 1 saturated heterocycles. The third-order valence-electron chi connectivity index (χ3n) is 3.56. The molecule has 3 rings (SSSR count). The Labute approximate surface area is 124 Å². The standard InChI is InChI=1S/C15H19N5O/c1-20-7-8-21-11-13(20)15-17-6-4-14(19-15)18-10-12-3-2-5-16-9-12/h2-6,9,13H,7-8,10-11H2,1H3,(H,17,18,19)/t13-/m0/s1. The van der Waals surface area contributed by atoms with Crippen molar-refractivity contribution < 1.29 is 4.74 Å². The Bertz CT molecular complexity index is 577. The van der Waals surface area contributed by atoms with Crippen molar-refractivity contribution in [3.05, 3.63) is 48.2 Å². The van der Waals surface area contributed by atoms with Crippen molar-refractivity contribution in [1.82, 2.24) is 19.9 Å². The van der Waals surface area contributed by atoms with Gasteiger partial charge < -0.3 is 10.1 Å². The molecule has 0 aliphatic carbocycles. The van der Waals surface area contributed by atoms with Gasteiger partial charge in [-0.2, -0.15) is 0 Å². The number of hydrogen-bond acceptors (Lipinski definition) is 6. The molecular weight excluding hydrogens is 266 g/mol. The fraction of sp³-hybridized carbons (Fsp3) is 0.400. The van der Waals surface area contributed by atoms with Crippen LogP contribution in [0.1, 0.15) is 17.4 Å². The minimum absolute atomic E-state index is 0.124. The molecule has 1 aliphatic rings. The van der Waals surface area contributed by atoms with Crippen molar-refractivity contribution in [2.24, 2.45) is 0 Å². The Balaban J connectivity index is 1.68. The zero-order valence-corrected chi connectivity index (χ0v) is 12.1. The van der Waals surface area contributed by atoms with Crippen LogP contribution >= 0.6 is 0 Å². The van der Waals surface area contributed by atoms with E-state index in [0.29, 0.717) is 13.2 Å². The van der Waals surface area contributed by atoms with E-state index in [1.54, 1.807) is 12.4 Å². The maximum atomic E-state index is 5.53. The second-order valence-electron chi connectivity index (χ2n) is 5.09. The molecule has 1 N–H and O–H groups in total. The summed E-state index contributed by atoms with van der Waals surface area (Å²) >= 11 is 0. The smallest absolute Gasteiger partial charge is 0.150 e. The summed E-state index contributed by atoms with van der Waals surface area (Å²) in [6, 6.07) is 5.96. The Morgan fingerprint density at radius 1 is 1.38 bits per heavy atom. The lowest BCUT2D eigenvalue weighted by molar-refractivity contribution is 0.00187. The predicted octanol–water partition coefficient (Wildman–Crippen LogP) is 1.49. The lowest BCUT2D eigenvalue weighted by atomic mass is 10.2. The maximum absolute atomic E-state index is 5.53. The van der Waals surface area contributed by atoms with Gasteiger partial charge in [-0.25, -0.2) is 9.97 Å². The van der Waals surface area contributed by atoms with E-state index in [4.69, 9.17) is 4.74 Å². The second-order valence-corrected chi connectivity index (χ2v) is 5.09. The Morgan fingerprint density at radius 3 is 3.14 bits per heavy atom. The third kappa shape index (κ3) is 3.53. The van der Waals surface area contributed by atoms with Crippen LogP contribution in [0.4, 0.5) is 5.82 Å². The predicted molar refractivity (Wildman–Crippen MR) is 79.8 cm³/mol. The van der Waals surface area contributed by atoms with E-state index in [1.165, 1.54) is 0 Å². The molecule has 1 fully saturated rings. The van der Waals surface area contributed by atoms with E-state index in [9.17, 15) is 0 Å². The van der Waals surface area contributed by atoms with Crippen LogP contribution in [-0.2, 0) is 11.3 Å². The molecular formula is C15H19N5O. The highest BCUT2D eigenvalue weighted by Crippen LogP contribution is 2.20. The van der Waals surface area contributed by atoms with Gasteiger partial charge in [-0.15, -0.1) is 0 Å². The molecule has 1 aliphatic heterocycles. The van der Waals surface area contributed by atoms with Gasteiger partial charge >= 0.3 is 0 Å². The first-order valence-electron chi connectivity index (χ1n) is 7.06. The van der Waals surface area contributed by atoms with E-state index in [1.807, 2.05) is 24.4 Å². The van der Waals surface area contributed by atoms with Crippen LogP contribution in [0, 0.1) is 0 Å². The van der Waals surface area contributed by atoms with Crippen LogP contribution in [0.5, 0.6) is 0 Å². The Kier molecular flexibility index (Phi) is 4.37. The van der Waals surface area contributed by atoms with E-state index in [2.05, 4.69) is 32.2 Å². The van der Waals surface area contributed by atoms with Gasteiger partial charge in [-0.05, 0) is 24.7 Å². The number of morpholine rings is 1. The molecule has 6 nitrogen and oxygen atoms in total. The first-order valence-corrected chi connectivity index (χ1v) is 7.06. The second kappa shape index (κ2) is 6.60. The van der Waals surface area contributed by atoms with Crippen molar-refractivity contribution in [2.75, 3.05) is 32.1 Å². The molecule has 6 heteroatoms. The summed E-state index contributed by atoms with van der Waals surface area (Å²) in [5.74, 6) is 1.62. The third-order valence-corrected chi connectivity index (χ3v) is 3.56. The number of anilines is 1. The fourth-order valence-corrected chi connectivity index (χ4v) is 2.29. The highest BCUT2D eigenvalue weighted by molar-refractivity contribution is 5.34. The highest BCUT2D eigenvalue weighted by atomic mass is 16.5. The van der Waals surface area contributed by atoms with Crippen molar-refractivity contribution in [3.8, 4) is 0 Å². The van der Waals surface area contributed by atoms with Crippen LogP contribution in [0.15, 0.2) is 36.8 Å². The number of nitrogens with zero attached hydrogens (tertiary/aromatic N) is 4. The molecule has 2 aromatic heterocycles. The van der Waals surface area contributed by atoms with Crippen LogP contribution in [0.25, 0.3) is 0 Å². The molecule has 0 bridgehead atoms. The van der Waals surface area contributed by atoms with Crippen molar-refractivity contribution in [1.29, 1.82) is 0 Å². The molecule has 1 atom stereocenters. The van der Waals surface area contributed by atoms with Gasteiger partial charge in [-0.3, -0.25) is 9.88 Å². The van der Waals surface area contributed by atoms with E-state index >= 15 is 0 Å². The topological polar surface area (TPSA) is 63.2 Å². The molecule has 0 unspecified atom stereocenters. The van der Waals surface area contributed by atoms with Crippen molar-refractivity contribution in [3.63, 3.8) is 0 Å². The van der Waals surface area contributed by atoms with Gasteiger partial charge in [0, 0.05) is 31.7 Å². The summed E-state index contributed by atoms with van der Waals surface area (Å²) in [6.07, 6.45) is 5.40. The number of aromatic nitrogens is 3. The van der Waals surface area contributed by atoms with Crippen LogP contribution in [0.3, 0.4) is 0 Å². The maximum Gasteiger partial charge on any atom is 0.150 e. The fourth-order valence-electron chi connectivity index (χ4n) is 2.29. The zero-order valence-electron chi connectivity index (χ0n) is 12.1. The zero-order chi connectivity index (χ0) is 14.5. The van der Waals surface area contributed by atoms with E-state index < -0.39 is 0 Å². The Morgan fingerprint density at radius 2 is 2.33 bits per heavy atom. The monoisotopic (exact) mass is 285 g/mol. The first-order chi connectivity index (χ1) is 10.3. The average Bonchev–Trinajstić information content (AvgIpc) is 2.55. The summed E-state index contributed by atoms with van der Waals surface area (Å²) < 4.78 is 5.53. The Hall–Kier alpha value is -2.05. The first kappa shape index (κ1) is 13.9. The van der Waals surface area contributed by atoms with E-state index in [0.717, 1.165) is 30.4 Å². The number of likely N-dealkylation sites (N-methyl/N-ethyl adjacent to an activating group) is 1. The molecule has 21 heavy (non-hydrogen) atoms. The quantitative estimate of drug-likeness (QED) is 0.918. The van der Waals surface area contributed by atoms with Gasteiger partial charge in [0.1, 0.15) is 11.6 Å². The number of ether oxygens (including phenoxy) is 1. The summed E-state index contributed by atoms with van der Waals surface area (Å²) in [6.45, 7) is 3.01. The minimum Gasteiger partial charge on any atom is -0.378 e. The largest absolute Gasteiger partial charge is 0.378 e. The van der Waals surface area contributed by atoms with Gasteiger partial charge in [0.25, 0.3) is 0 Å². The molecule has 0 radical (unpaired) electrons. The lowest BCUT2D eigenvalue weighted by Crippen LogP contribution is -2.37. The number of hydrogen-bond donors (Lipinski definition) is 1. The summed E-state index contributed by atoms with van der Waals surface area (Å²) in [5, 5.41) is 3.30. The molecule has 3 heterocycles. The van der Waals surface area contributed by atoms with Gasteiger partial charge in [-0.1, -0.05) is 6.07 Å². The molecule has 0 amide bonds. The molecule has 0 saturated carbocycles. The minimum atomic E-state index is 0.124. The van der Waals surface area contributed by atoms with Gasteiger partial charge in [0.2, 0.25) is 0 Å². The number of rotatable bonds is 4. The summed E-state index contributed by atoms with van der Waals surface area (Å²) in [7, 11) is 2.08. The molecule has 0 spiro atoms. The lowest BCUT2D eigenvalue weighted by Gasteiger charge is -2.31. The summed E-state index contributed by atoms with van der Waals surface area (Å²) in [4.78, 5) is 15.3. The highest BCUT2D eigenvalue weighted by Gasteiger charge is 2.23.